The van der Waals surface area contributed by atoms with Crippen molar-refractivity contribution in [3.05, 3.63) is 0 Å². The van der Waals surface area contributed by atoms with Crippen LogP contribution >= 0.6 is 11.8 Å². The predicted molar refractivity (Wildman–Crippen MR) is 81.4 cm³/mol. The molecule has 19 heavy (non-hydrogen) atoms. The number of rotatable bonds is 8. The van der Waals surface area contributed by atoms with Crippen LogP contribution in [0.25, 0.3) is 0 Å². The van der Waals surface area contributed by atoms with E-state index in [9.17, 15) is 4.79 Å². The number of nitrogens with two attached hydrogens (primary N) is 1. The third-order valence-electron chi connectivity index (χ3n) is 3.46. The normalized spacial score (nSPS) is 21.1. The van der Waals surface area contributed by atoms with Crippen LogP contribution in [0.3, 0.4) is 0 Å². The highest BCUT2D eigenvalue weighted by Gasteiger charge is 2.29. The molecule has 2 atom stereocenters. The number of carbonyl (C=O) groups excluding carboxylic acids is 1. The number of likely N-dealkylation sites (tertiary alicyclic amines) is 1. The van der Waals surface area contributed by atoms with E-state index < -0.39 is 0 Å². The van der Waals surface area contributed by atoms with E-state index in [1.54, 1.807) is 11.8 Å². The van der Waals surface area contributed by atoms with Crippen molar-refractivity contribution in [2.75, 3.05) is 31.7 Å². The molecule has 0 aromatic carbocycles. The molecule has 1 fully saturated rings. The Labute approximate surface area is 121 Å². The first-order valence-corrected chi connectivity index (χ1v) is 8.59. The van der Waals surface area contributed by atoms with E-state index in [0.29, 0.717) is 12.5 Å². The van der Waals surface area contributed by atoms with E-state index in [2.05, 4.69) is 13.8 Å². The average molecular weight is 288 g/mol. The first-order valence-electron chi connectivity index (χ1n) is 7.19. The van der Waals surface area contributed by atoms with Crippen LogP contribution in [0, 0.1) is 5.92 Å². The van der Waals surface area contributed by atoms with Crippen LogP contribution in [0.1, 0.15) is 33.1 Å². The zero-order valence-corrected chi connectivity index (χ0v) is 13.2. The van der Waals surface area contributed by atoms with Crippen LogP contribution in [0.15, 0.2) is 0 Å². The van der Waals surface area contributed by atoms with E-state index in [1.165, 1.54) is 0 Å². The molecule has 0 spiro atoms. The summed E-state index contributed by atoms with van der Waals surface area (Å²) in [5, 5.41) is 0. The Balaban J connectivity index is 2.24. The fraction of sp³-hybridized carbons (Fsp3) is 0.929. The molecule has 1 saturated heterocycles. The number of hydrogen-bond acceptors (Lipinski definition) is 4. The molecule has 112 valence electrons. The quantitative estimate of drug-likeness (QED) is 0.739. The van der Waals surface area contributed by atoms with E-state index in [-0.39, 0.29) is 18.1 Å². The molecule has 4 nitrogen and oxygen atoms in total. The molecule has 0 aromatic heterocycles. The molecule has 1 unspecified atom stereocenters. The van der Waals surface area contributed by atoms with Gasteiger partial charge < -0.3 is 15.4 Å². The van der Waals surface area contributed by atoms with Gasteiger partial charge >= 0.3 is 0 Å². The lowest BCUT2D eigenvalue weighted by Gasteiger charge is -2.20. The Morgan fingerprint density at radius 3 is 2.84 bits per heavy atom. The topological polar surface area (TPSA) is 55.6 Å². The van der Waals surface area contributed by atoms with Crippen molar-refractivity contribution in [2.45, 2.75) is 45.3 Å². The highest BCUT2D eigenvalue weighted by Crippen LogP contribution is 2.15. The average Bonchev–Trinajstić information content (AvgIpc) is 2.83. The molecule has 0 aromatic rings. The molecule has 0 saturated carbocycles. The number of ether oxygens (including phenoxy) is 1. The largest absolute Gasteiger partial charge is 0.376 e. The summed E-state index contributed by atoms with van der Waals surface area (Å²) in [5.74, 6) is 1.69. The van der Waals surface area contributed by atoms with E-state index in [1.807, 2.05) is 11.2 Å². The van der Waals surface area contributed by atoms with Gasteiger partial charge in [0.25, 0.3) is 0 Å². The maximum absolute atomic E-state index is 12.1. The summed E-state index contributed by atoms with van der Waals surface area (Å²) in [6.45, 7) is 6.68. The second-order valence-electron chi connectivity index (χ2n) is 5.64. The summed E-state index contributed by atoms with van der Waals surface area (Å²) in [6, 6.07) is -0.345. The van der Waals surface area contributed by atoms with Gasteiger partial charge in [0.2, 0.25) is 5.91 Å². The minimum atomic E-state index is -0.345. The SMILES string of the molecule is CSCC[C@H](N)C(=O)N1CCC(OCCC(C)C)C1. The van der Waals surface area contributed by atoms with Crippen LogP contribution in [0.4, 0.5) is 0 Å². The van der Waals surface area contributed by atoms with Gasteiger partial charge in [-0.15, -0.1) is 0 Å². The van der Waals surface area contributed by atoms with Crippen molar-refractivity contribution in [3.8, 4) is 0 Å². The van der Waals surface area contributed by atoms with Crippen molar-refractivity contribution in [2.24, 2.45) is 11.7 Å². The molecule has 2 N–H and O–H groups in total. The van der Waals surface area contributed by atoms with Gasteiger partial charge in [-0.2, -0.15) is 11.8 Å². The van der Waals surface area contributed by atoms with Crippen LogP contribution in [-0.2, 0) is 9.53 Å². The smallest absolute Gasteiger partial charge is 0.239 e. The summed E-state index contributed by atoms with van der Waals surface area (Å²) >= 11 is 1.73. The second-order valence-corrected chi connectivity index (χ2v) is 6.62. The van der Waals surface area contributed by atoms with Crippen LogP contribution in [0.2, 0.25) is 0 Å². The van der Waals surface area contributed by atoms with Crippen molar-refractivity contribution < 1.29 is 9.53 Å². The molecule has 5 heteroatoms. The van der Waals surface area contributed by atoms with Gasteiger partial charge in [-0.25, -0.2) is 0 Å². The van der Waals surface area contributed by atoms with Gasteiger partial charge in [0.1, 0.15) is 0 Å². The molecule has 0 radical (unpaired) electrons. The summed E-state index contributed by atoms with van der Waals surface area (Å²) < 4.78 is 5.82. The molecular weight excluding hydrogens is 260 g/mol. The summed E-state index contributed by atoms with van der Waals surface area (Å²) in [7, 11) is 0. The molecule has 0 aliphatic carbocycles. The molecule has 1 aliphatic heterocycles. The highest BCUT2D eigenvalue weighted by molar-refractivity contribution is 7.98. The van der Waals surface area contributed by atoms with Crippen molar-refractivity contribution in [1.29, 1.82) is 0 Å². The first-order chi connectivity index (χ1) is 9.04. The summed E-state index contributed by atoms with van der Waals surface area (Å²) in [4.78, 5) is 14.0. The third kappa shape index (κ3) is 6.15. The van der Waals surface area contributed by atoms with Crippen LogP contribution < -0.4 is 5.73 Å². The predicted octanol–water partition coefficient (Wildman–Crippen LogP) is 1.73. The number of carbonyl (C=O) groups is 1. The van der Waals surface area contributed by atoms with Gasteiger partial charge in [0.05, 0.1) is 12.1 Å². The van der Waals surface area contributed by atoms with E-state index in [0.717, 1.165) is 38.2 Å². The molecular formula is C14H28N2O2S. The van der Waals surface area contributed by atoms with Crippen LogP contribution in [-0.4, -0.2) is 54.7 Å². The first kappa shape index (κ1) is 16.8. The summed E-state index contributed by atoms with van der Waals surface area (Å²) in [5.41, 5.74) is 5.92. The van der Waals surface area contributed by atoms with Crippen LogP contribution in [0.5, 0.6) is 0 Å². The molecule has 1 amide bonds. The van der Waals surface area contributed by atoms with Crippen molar-refractivity contribution in [1.82, 2.24) is 4.90 Å². The number of hydrogen-bond donors (Lipinski definition) is 1. The van der Waals surface area contributed by atoms with Gasteiger partial charge in [-0.05, 0) is 37.2 Å². The third-order valence-corrected chi connectivity index (χ3v) is 4.10. The van der Waals surface area contributed by atoms with Crippen molar-refractivity contribution in [3.63, 3.8) is 0 Å². The van der Waals surface area contributed by atoms with Gasteiger partial charge in [0.15, 0.2) is 0 Å². The lowest BCUT2D eigenvalue weighted by molar-refractivity contribution is -0.132. The maximum Gasteiger partial charge on any atom is 0.239 e. The van der Waals surface area contributed by atoms with E-state index in [4.69, 9.17) is 10.5 Å². The lowest BCUT2D eigenvalue weighted by atomic mass is 10.1. The fourth-order valence-corrected chi connectivity index (χ4v) is 2.63. The van der Waals surface area contributed by atoms with Gasteiger partial charge in [0, 0.05) is 19.7 Å². The standard InChI is InChI=1S/C14H28N2O2S/c1-11(2)5-8-18-12-4-7-16(10-12)14(17)13(15)6-9-19-3/h11-13H,4-10,15H2,1-3H3/t12?,13-/m0/s1. The Bertz CT molecular complexity index is 274. The maximum atomic E-state index is 12.1. The zero-order chi connectivity index (χ0) is 14.3. The lowest BCUT2D eigenvalue weighted by Crippen LogP contribution is -2.43. The monoisotopic (exact) mass is 288 g/mol. The molecule has 1 aliphatic rings. The Morgan fingerprint density at radius 1 is 1.47 bits per heavy atom. The Hall–Kier alpha value is -0.260. The number of amides is 1. The molecule has 1 heterocycles. The zero-order valence-electron chi connectivity index (χ0n) is 12.4. The Morgan fingerprint density at radius 2 is 2.21 bits per heavy atom. The van der Waals surface area contributed by atoms with Gasteiger partial charge in [-0.3, -0.25) is 4.79 Å². The number of nitrogens with zero attached hydrogens (tertiary/aromatic N) is 1. The summed E-state index contributed by atoms with van der Waals surface area (Å²) in [6.07, 6.45) is 5.02. The molecule has 1 rings (SSSR count). The highest BCUT2D eigenvalue weighted by atomic mass is 32.2. The number of thioether (sulfide) groups is 1. The Kier molecular flexibility index (Phi) is 7.80. The minimum absolute atomic E-state index is 0.0870. The van der Waals surface area contributed by atoms with E-state index >= 15 is 0 Å². The molecule has 0 bridgehead atoms. The van der Waals surface area contributed by atoms with Crippen molar-refractivity contribution >= 4 is 17.7 Å². The van der Waals surface area contributed by atoms with Gasteiger partial charge in [-0.1, -0.05) is 13.8 Å². The minimum Gasteiger partial charge on any atom is -0.376 e. The fourth-order valence-electron chi connectivity index (χ4n) is 2.14. The second kappa shape index (κ2) is 8.82.